The number of hydrogen-bond acceptors (Lipinski definition) is 6. The zero-order valence-electron chi connectivity index (χ0n) is 14.2. The lowest BCUT2D eigenvalue weighted by molar-refractivity contribution is 0.103. The molecule has 1 amide bonds. The Labute approximate surface area is 155 Å². The van der Waals surface area contributed by atoms with Crippen LogP contribution < -0.4 is 15.5 Å². The van der Waals surface area contributed by atoms with Crippen molar-refractivity contribution in [2.45, 2.75) is 12.8 Å². The van der Waals surface area contributed by atoms with Crippen molar-refractivity contribution in [2.24, 2.45) is 0 Å². The minimum absolute atomic E-state index is 0.174. The predicted molar refractivity (Wildman–Crippen MR) is 105 cm³/mol. The largest absolute Gasteiger partial charge is 0.372 e. The fourth-order valence-corrected chi connectivity index (χ4v) is 3.55. The highest BCUT2D eigenvalue weighted by atomic mass is 32.1. The molecule has 0 aliphatic carbocycles. The van der Waals surface area contributed by atoms with Crippen LogP contribution in [-0.2, 0) is 0 Å². The lowest BCUT2D eigenvalue weighted by Crippen LogP contribution is -2.17. The van der Waals surface area contributed by atoms with Crippen molar-refractivity contribution in [3.05, 3.63) is 58.8 Å². The van der Waals surface area contributed by atoms with E-state index in [1.54, 1.807) is 18.2 Å². The number of nitrogens with one attached hydrogen (secondary N) is 2. The van der Waals surface area contributed by atoms with E-state index in [-0.39, 0.29) is 5.91 Å². The van der Waals surface area contributed by atoms with Gasteiger partial charge in [-0.3, -0.25) is 4.79 Å². The molecule has 1 aliphatic heterocycles. The van der Waals surface area contributed by atoms with E-state index in [9.17, 15) is 4.79 Å². The summed E-state index contributed by atoms with van der Waals surface area (Å²) >= 11 is 1.39. The van der Waals surface area contributed by atoms with Crippen LogP contribution in [0.15, 0.2) is 53.9 Å². The summed E-state index contributed by atoms with van der Waals surface area (Å²) in [5.41, 5.74) is 2.21. The van der Waals surface area contributed by atoms with Gasteiger partial charge in [0.05, 0.1) is 4.88 Å². The Morgan fingerprint density at radius 1 is 0.962 bits per heavy atom. The molecule has 132 valence electrons. The molecule has 0 atom stereocenters. The topological polar surface area (TPSA) is 70.2 Å². The van der Waals surface area contributed by atoms with Crippen molar-refractivity contribution in [3.63, 3.8) is 0 Å². The molecule has 3 heterocycles. The molecule has 1 fully saturated rings. The summed E-state index contributed by atoms with van der Waals surface area (Å²) in [6, 6.07) is 15.5. The van der Waals surface area contributed by atoms with Crippen LogP contribution in [0.5, 0.6) is 0 Å². The normalized spacial score (nSPS) is 13.6. The zero-order chi connectivity index (χ0) is 17.8. The van der Waals surface area contributed by atoms with Crippen LogP contribution in [0, 0.1) is 0 Å². The van der Waals surface area contributed by atoms with Crippen LogP contribution in [0.25, 0.3) is 0 Å². The molecule has 0 bridgehead atoms. The average molecular weight is 365 g/mol. The predicted octanol–water partition coefficient (Wildman–Crippen LogP) is 4.13. The van der Waals surface area contributed by atoms with E-state index in [0.717, 1.165) is 18.8 Å². The molecule has 2 N–H and O–H groups in total. The van der Waals surface area contributed by atoms with Gasteiger partial charge < -0.3 is 15.5 Å². The molecule has 1 aromatic carbocycles. The van der Waals surface area contributed by atoms with Crippen molar-refractivity contribution < 1.29 is 4.79 Å². The third-order valence-corrected chi connectivity index (χ3v) is 5.13. The third-order valence-electron chi connectivity index (χ3n) is 4.26. The minimum Gasteiger partial charge on any atom is -0.372 e. The summed E-state index contributed by atoms with van der Waals surface area (Å²) in [5, 5.41) is 16.0. The number of benzene rings is 1. The van der Waals surface area contributed by atoms with Crippen LogP contribution in [-0.4, -0.2) is 29.2 Å². The van der Waals surface area contributed by atoms with E-state index in [0.29, 0.717) is 16.5 Å². The number of nitrogens with zero attached hydrogens (tertiary/aromatic N) is 3. The minimum atomic E-state index is -0.174. The first kappa shape index (κ1) is 16.5. The molecule has 3 aromatic rings. The summed E-state index contributed by atoms with van der Waals surface area (Å²) in [7, 11) is 0. The zero-order valence-corrected chi connectivity index (χ0v) is 15.0. The van der Waals surface area contributed by atoms with Gasteiger partial charge in [-0.1, -0.05) is 6.07 Å². The quantitative estimate of drug-likeness (QED) is 0.711. The average Bonchev–Trinajstić information content (AvgIpc) is 3.38. The lowest BCUT2D eigenvalue weighted by Gasteiger charge is -2.17. The number of rotatable bonds is 5. The van der Waals surface area contributed by atoms with Crippen LogP contribution >= 0.6 is 11.3 Å². The second-order valence-electron chi connectivity index (χ2n) is 6.10. The Kier molecular flexibility index (Phi) is 4.79. The number of carbonyl (C=O) groups excluding carboxylic acids is 1. The van der Waals surface area contributed by atoms with Crippen LogP contribution in [0.4, 0.5) is 23.0 Å². The molecule has 7 heteroatoms. The van der Waals surface area contributed by atoms with Gasteiger partial charge in [-0.2, -0.15) is 0 Å². The fourth-order valence-electron chi connectivity index (χ4n) is 2.93. The summed E-state index contributed by atoms with van der Waals surface area (Å²) in [6.45, 7) is 2.27. The maximum atomic E-state index is 12.0. The van der Waals surface area contributed by atoms with E-state index < -0.39 is 0 Å². The van der Waals surface area contributed by atoms with E-state index in [4.69, 9.17) is 0 Å². The van der Waals surface area contributed by atoms with Gasteiger partial charge in [-0.15, -0.1) is 21.5 Å². The van der Waals surface area contributed by atoms with Gasteiger partial charge in [0.15, 0.2) is 11.6 Å². The van der Waals surface area contributed by atoms with Crippen molar-refractivity contribution in [1.29, 1.82) is 0 Å². The molecule has 6 nitrogen and oxygen atoms in total. The molecule has 1 aliphatic rings. The molecule has 0 spiro atoms. The molecule has 2 aromatic heterocycles. The lowest BCUT2D eigenvalue weighted by atomic mass is 10.2. The first-order valence-corrected chi connectivity index (χ1v) is 9.46. The Morgan fingerprint density at radius 3 is 2.35 bits per heavy atom. The monoisotopic (exact) mass is 365 g/mol. The van der Waals surface area contributed by atoms with E-state index in [2.05, 4.69) is 37.9 Å². The third kappa shape index (κ3) is 3.83. The number of thiophene rings is 1. The summed E-state index contributed by atoms with van der Waals surface area (Å²) in [4.78, 5) is 15.0. The SMILES string of the molecule is O=C(Nc1ccc(Nc2ccc(N3CCCC3)cc2)nn1)c1cccs1. The highest BCUT2D eigenvalue weighted by molar-refractivity contribution is 7.12. The van der Waals surface area contributed by atoms with Crippen molar-refractivity contribution in [3.8, 4) is 0 Å². The highest BCUT2D eigenvalue weighted by Gasteiger charge is 2.12. The van der Waals surface area contributed by atoms with Crippen LogP contribution in [0.3, 0.4) is 0 Å². The van der Waals surface area contributed by atoms with Crippen molar-refractivity contribution in [2.75, 3.05) is 28.6 Å². The first-order chi connectivity index (χ1) is 12.8. The fraction of sp³-hybridized carbons (Fsp3) is 0.211. The number of carbonyl (C=O) groups is 1. The Morgan fingerprint density at radius 2 is 1.69 bits per heavy atom. The maximum Gasteiger partial charge on any atom is 0.266 e. The second kappa shape index (κ2) is 7.53. The number of aromatic nitrogens is 2. The van der Waals surface area contributed by atoms with Gasteiger partial charge in [0.25, 0.3) is 5.91 Å². The summed E-state index contributed by atoms with van der Waals surface area (Å²) in [6.07, 6.45) is 2.54. The first-order valence-electron chi connectivity index (χ1n) is 8.58. The van der Waals surface area contributed by atoms with Gasteiger partial charge in [0.2, 0.25) is 0 Å². The van der Waals surface area contributed by atoms with Gasteiger partial charge in [-0.05, 0) is 60.7 Å². The van der Waals surface area contributed by atoms with Gasteiger partial charge in [-0.25, -0.2) is 0 Å². The Bertz CT molecular complexity index is 856. The van der Waals surface area contributed by atoms with Crippen molar-refractivity contribution in [1.82, 2.24) is 10.2 Å². The molecule has 4 rings (SSSR count). The molecule has 0 unspecified atom stereocenters. The molecule has 0 radical (unpaired) electrons. The van der Waals surface area contributed by atoms with E-state index >= 15 is 0 Å². The molecule has 1 saturated heterocycles. The van der Waals surface area contributed by atoms with Crippen LogP contribution in [0.1, 0.15) is 22.5 Å². The summed E-state index contributed by atoms with van der Waals surface area (Å²) in [5.74, 6) is 0.888. The standard InChI is InChI=1S/C19H19N5OS/c25-19(16-4-3-13-26-16)21-18-10-9-17(22-23-18)20-14-5-7-15(8-6-14)24-11-1-2-12-24/h3-10,13H,1-2,11-12H2,(H,20,22)(H,21,23,25). The van der Waals surface area contributed by atoms with Gasteiger partial charge in [0, 0.05) is 24.5 Å². The number of amides is 1. The number of anilines is 4. The highest BCUT2D eigenvalue weighted by Crippen LogP contribution is 2.23. The summed E-state index contributed by atoms with van der Waals surface area (Å²) < 4.78 is 0. The molecule has 0 saturated carbocycles. The molecular formula is C19H19N5OS. The number of hydrogen-bond donors (Lipinski definition) is 2. The van der Waals surface area contributed by atoms with Crippen LogP contribution in [0.2, 0.25) is 0 Å². The smallest absolute Gasteiger partial charge is 0.266 e. The van der Waals surface area contributed by atoms with E-state index in [1.165, 1.54) is 29.9 Å². The Hall–Kier alpha value is -2.93. The molecule has 26 heavy (non-hydrogen) atoms. The van der Waals surface area contributed by atoms with Crippen molar-refractivity contribution >= 4 is 40.3 Å². The maximum absolute atomic E-state index is 12.0. The van der Waals surface area contributed by atoms with Gasteiger partial charge >= 0.3 is 0 Å². The van der Waals surface area contributed by atoms with E-state index in [1.807, 2.05) is 23.6 Å². The second-order valence-corrected chi connectivity index (χ2v) is 7.05. The molecular weight excluding hydrogens is 346 g/mol. The Balaban J connectivity index is 1.37. The van der Waals surface area contributed by atoms with Gasteiger partial charge in [0.1, 0.15) is 0 Å².